The Bertz CT molecular complexity index is 1490. The van der Waals surface area contributed by atoms with Gasteiger partial charge in [0.05, 0.1) is 44.3 Å². The van der Waals surface area contributed by atoms with E-state index >= 15 is 0 Å². The number of allylic oxidation sites excluding steroid dienone is 1. The summed E-state index contributed by atoms with van der Waals surface area (Å²) in [6.07, 6.45) is -0.585. The Morgan fingerprint density at radius 1 is 1.14 bits per heavy atom. The number of methoxy groups -OCH3 is 2. The van der Waals surface area contributed by atoms with Gasteiger partial charge in [-0.15, -0.1) is 0 Å². The Morgan fingerprint density at radius 3 is 2.46 bits per heavy atom. The summed E-state index contributed by atoms with van der Waals surface area (Å²) in [6, 6.07) is 12.0. The summed E-state index contributed by atoms with van der Waals surface area (Å²) < 4.78 is 33.3. The highest BCUT2D eigenvalue weighted by molar-refractivity contribution is 5.86. The van der Waals surface area contributed by atoms with E-state index in [-0.39, 0.29) is 40.0 Å². The number of hydrogen-bond acceptors (Lipinski definition) is 10. The van der Waals surface area contributed by atoms with Crippen molar-refractivity contribution in [1.29, 1.82) is 5.26 Å². The number of morpholine rings is 1. The molecule has 1 amide bonds. The van der Waals surface area contributed by atoms with E-state index in [1.54, 1.807) is 36.4 Å². The number of carbonyl (C=O) groups excluding carboxylic acids is 1. The molecule has 0 aliphatic carbocycles. The number of fused-ring (bicyclic) bond motifs is 3. The lowest BCUT2D eigenvalue weighted by molar-refractivity contribution is 0.0411. The zero-order chi connectivity index (χ0) is 26.1. The van der Waals surface area contributed by atoms with Gasteiger partial charge in [0.2, 0.25) is 11.6 Å². The highest BCUT2D eigenvalue weighted by atomic mass is 16.6. The molecule has 1 aromatic heterocycles. The van der Waals surface area contributed by atoms with Crippen LogP contribution in [0.15, 0.2) is 57.1 Å². The van der Waals surface area contributed by atoms with Crippen molar-refractivity contribution in [2.45, 2.75) is 5.92 Å². The molecule has 37 heavy (non-hydrogen) atoms. The zero-order valence-corrected chi connectivity index (χ0v) is 20.1. The summed E-state index contributed by atoms with van der Waals surface area (Å²) in [5.41, 5.74) is 6.32. The maximum atomic E-state index is 13.2. The van der Waals surface area contributed by atoms with Gasteiger partial charge in [-0.25, -0.2) is 9.59 Å². The van der Waals surface area contributed by atoms with Crippen molar-refractivity contribution in [1.82, 2.24) is 4.90 Å². The number of ether oxygens (including phenoxy) is 5. The maximum Gasteiger partial charge on any atom is 0.415 e. The van der Waals surface area contributed by atoms with Gasteiger partial charge in [-0.05, 0) is 29.8 Å². The lowest BCUT2D eigenvalue weighted by atomic mass is 9.83. The predicted molar refractivity (Wildman–Crippen MR) is 130 cm³/mol. The summed E-state index contributed by atoms with van der Waals surface area (Å²) in [5, 5.41) is 10.5. The Morgan fingerprint density at radius 2 is 1.81 bits per heavy atom. The quantitative estimate of drug-likeness (QED) is 0.525. The summed E-state index contributed by atoms with van der Waals surface area (Å²) in [5.74, 6) is -0.527. The fourth-order valence-corrected chi connectivity index (χ4v) is 4.46. The van der Waals surface area contributed by atoms with Gasteiger partial charge in [-0.2, -0.15) is 5.26 Å². The highest BCUT2D eigenvalue weighted by Crippen LogP contribution is 2.47. The third kappa shape index (κ3) is 4.17. The molecular weight excluding hydrogens is 482 g/mol. The van der Waals surface area contributed by atoms with E-state index in [0.29, 0.717) is 42.8 Å². The smallest absolute Gasteiger partial charge is 0.415 e. The van der Waals surface area contributed by atoms with Crippen LogP contribution in [0.5, 0.6) is 23.0 Å². The van der Waals surface area contributed by atoms with Crippen LogP contribution in [0.3, 0.4) is 0 Å². The van der Waals surface area contributed by atoms with Gasteiger partial charge in [0.1, 0.15) is 17.2 Å². The fraction of sp³-hybridized carbons (Fsp3) is 0.269. The number of nitrogens with two attached hydrogens (primary N) is 1. The minimum Gasteiger partial charge on any atom is -0.493 e. The minimum atomic E-state index is -0.957. The Hall–Kier alpha value is -4.69. The van der Waals surface area contributed by atoms with Crippen molar-refractivity contribution in [3.63, 3.8) is 0 Å². The van der Waals surface area contributed by atoms with E-state index in [1.165, 1.54) is 19.1 Å². The Kier molecular flexibility index (Phi) is 6.33. The van der Waals surface area contributed by atoms with E-state index in [9.17, 15) is 14.9 Å². The molecule has 2 aliphatic rings. The third-order valence-electron chi connectivity index (χ3n) is 6.25. The zero-order valence-electron chi connectivity index (χ0n) is 20.1. The van der Waals surface area contributed by atoms with Gasteiger partial charge >= 0.3 is 11.7 Å². The monoisotopic (exact) mass is 505 g/mol. The van der Waals surface area contributed by atoms with Gasteiger partial charge in [0, 0.05) is 13.1 Å². The van der Waals surface area contributed by atoms with Gasteiger partial charge < -0.3 is 38.7 Å². The third-order valence-corrected chi connectivity index (χ3v) is 6.25. The number of nitrogens with zero attached hydrogens (tertiary/aromatic N) is 2. The summed E-state index contributed by atoms with van der Waals surface area (Å²) in [4.78, 5) is 27.4. The number of nitriles is 1. The standard InChI is InChI=1S/C26H23N3O8/c1-32-18-11-14(12-19(33-2)23(18)37-26(31)29-7-9-34-10-8-29)20-16(13-27)24(28)36-22-15-5-3-4-6-17(15)35-25(30)21(20)22/h3-6,11-12,20H,7-10,28H2,1-2H3/t20-/m1/s1. The number of carbonyl (C=O) groups is 1. The molecule has 2 N–H and O–H groups in total. The van der Waals surface area contributed by atoms with Crippen molar-refractivity contribution in [2.75, 3.05) is 40.5 Å². The first-order valence-corrected chi connectivity index (χ1v) is 11.4. The van der Waals surface area contributed by atoms with E-state index in [4.69, 9.17) is 33.8 Å². The number of benzene rings is 2. The molecule has 0 spiro atoms. The SMILES string of the molecule is COc1cc([C@@H]2C(C#N)=C(N)Oc3c2c(=O)oc2ccccc32)cc(OC)c1OC(=O)N1CCOCC1. The highest BCUT2D eigenvalue weighted by Gasteiger charge is 2.37. The molecular formula is C26H23N3O8. The molecule has 1 saturated heterocycles. The van der Waals surface area contributed by atoms with Crippen LogP contribution in [0.4, 0.5) is 4.79 Å². The van der Waals surface area contributed by atoms with Crippen LogP contribution >= 0.6 is 0 Å². The topological polar surface area (TPSA) is 146 Å². The molecule has 0 unspecified atom stereocenters. The molecule has 0 saturated carbocycles. The molecule has 0 radical (unpaired) electrons. The van der Waals surface area contributed by atoms with Crippen LogP contribution in [0.1, 0.15) is 17.0 Å². The first kappa shape index (κ1) is 24.0. The molecule has 3 aromatic rings. The van der Waals surface area contributed by atoms with E-state index in [2.05, 4.69) is 0 Å². The number of hydrogen-bond donors (Lipinski definition) is 1. The molecule has 0 bridgehead atoms. The fourth-order valence-electron chi connectivity index (χ4n) is 4.46. The molecule has 11 heteroatoms. The van der Waals surface area contributed by atoms with E-state index in [0.717, 1.165) is 0 Å². The molecule has 2 aliphatic heterocycles. The number of amides is 1. The normalized spacial score (nSPS) is 17.0. The second-order valence-electron chi connectivity index (χ2n) is 8.28. The maximum absolute atomic E-state index is 13.2. The van der Waals surface area contributed by atoms with Crippen molar-refractivity contribution in [2.24, 2.45) is 5.73 Å². The Labute approximate surface area is 211 Å². The number of rotatable bonds is 4. The summed E-state index contributed by atoms with van der Waals surface area (Å²) in [7, 11) is 2.81. The molecule has 1 atom stereocenters. The first-order chi connectivity index (χ1) is 18.0. The van der Waals surface area contributed by atoms with Crippen LogP contribution in [0.25, 0.3) is 11.0 Å². The summed E-state index contributed by atoms with van der Waals surface area (Å²) >= 11 is 0. The van der Waals surface area contributed by atoms with Gasteiger partial charge in [-0.1, -0.05) is 12.1 Å². The molecule has 190 valence electrons. The molecule has 11 nitrogen and oxygen atoms in total. The minimum absolute atomic E-state index is 0.0113. The Balaban J connectivity index is 1.65. The molecule has 1 fully saturated rings. The van der Waals surface area contributed by atoms with Crippen LogP contribution in [-0.4, -0.2) is 51.5 Å². The summed E-state index contributed by atoms with van der Waals surface area (Å²) in [6.45, 7) is 1.60. The van der Waals surface area contributed by atoms with Crippen LogP contribution in [0.2, 0.25) is 0 Å². The second kappa shape index (κ2) is 9.75. The largest absolute Gasteiger partial charge is 0.493 e. The van der Waals surface area contributed by atoms with Crippen LogP contribution in [-0.2, 0) is 4.74 Å². The van der Waals surface area contributed by atoms with Crippen molar-refractivity contribution < 1.29 is 32.9 Å². The average molecular weight is 505 g/mol. The lowest BCUT2D eigenvalue weighted by Crippen LogP contribution is -2.42. The average Bonchev–Trinajstić information content (AvgIpc) is 2.92. The second-order valence-corrected chi connectivity index (χ2v) is 8.28. The van der Waals surface area contributed by atoms with E-state index < -0.39 is 17.6 Å². The van der Waals surface area contributed by atoms with Gasteiger partial charge in [-0.3, -0.25) is 0 Å². The van der Waals surface area contributed by atoms with Gasteiger partial charge in [0.15, 0.2) is 17.2 Å². The van der Waals surface area contributed by atoms with Crippen molar-refractivity contribution >= 4 is 17.1 Å². The predicted octanol–water partition coefficient (Wildman–Crippen LogP) is 2.86. The van der Waals surface area contributed by atoms with Crippen LogP contribution < -0.4 is 30.3 Å². The molecule has 3 heterocycles. The number of para-hydroxylation sites is 1. The van der Waals surface area contributed by atoms with Gasteiger partial charge in [0.25, 0.3) is 0 Å². The van der Waals surface area contributed by atoms with E-state index in [1.807, 2.05) is 6.07 Å². The van der Waals surface area contributed by atoms with Crippen molar-refractivity contribution in [3.05, 3.63) is 69.4 Å². The molecule has 2 aromatic carbocycles. The molecule has 5 rings (SSSR count). The van der Waals surface area contributed by atoms with Crippen LogP contribution in [0, 0.1) is 11.3 Å². The lowest BCUT2D eigenvalue weighted by Gasteiger charge is -2.28. The first-order valence-electron chi connectivity index (χ1n) is 11.4. The van der Waals surface area contributed by atoms with Crippen molar-refractivity contribution in [3.8, 4) is 29.1 Å².